The van der Waals surface area contributed by atoms with Gasteiger partial charge in [-0.3, -0.25) is 4.72 Å². The van der Waals surface area contributed by atoms with Crippen LogP contribution in [-0.4, -0.2) is 8.42 Å². The first kappa shape index (κ1) is 13.3. The molecular weight excluding hydrogens is 343 g/mol. The molecule has 0 bridgehead atoms. The van der Waals surface area contributed by atoms with Crippen LogP contribution in [0.5, 0.6) is 0 Å². The van der Waals surface area contributed by atoms with E-state index in [2.05, 4.69) is 20.7 Å². The van der Waals surface area contributed by atoms with E-state index in [1.807, 2.05) is 0 Å². The quantitative estimate of drug-likeness (QED) is 0.893. The number of hydrogen-bond acceptors (Lipinski definition) is 4. The monoisotopic (exact) mass is 350 g/mol. The average Bonchev–Trinajstić information content (AvgIpc) is 2.70. The van der Waals surface area contributed by atoms with Crippen molar-refractivity contribution in [3.8, 4) is 0 Å². The number of nitrogens with one attached hydrogen (secondary N) is 1. The average molecular weight is 351 g/mol. The Balaban J connectivity index is 2.33. The molecule has 0 radical (unpaired) electrons. The predicted molar refractivity (Wildman–Crippen MR) is 73.6 cm³/mol. The van der Waals surface area contributed by atoms with Crippen molar-refractivity contribution in [2.24, 2.45) is 0 Å². The summed E-state index contributed by atoms with van der Waals surface area (Å²) in [5.41, 5.74) is 6.13. The third-order valence-corrected chi connectivity index (χ3v) is 5.52. The minimum atomic E-state index is -3.69. The van der Waals surface area contributed by atoms with Crippen LogP contribution in [0.25, 0.3) is 0 Å². The Kier molecular flexibility index (Phi) is 3.60. The van der Waals surface area contributed by atoms with Crippen LogP contribution in [-0.2, 0) is 10.0 Å². The topological polar surface area (TPSA) is 72.2 Å². The van der Waals surface area contributed by atoms with Gasteiger partial charge in [0.05, 0.1) is 5.69 Å². The summed E-state index contributed by atoms with van der Waals surface area (Å²) < 4.78 is 39.6. The zero-order valence-corrected chi connectivity index (χ0v) is 12.1. The fourth-order valence-electron chi connectivity index (χ4n) is 1.24. The predicted octanol–water partition coefficient (Wildman–Crippen LogP) is 3.03. The van der Waals surface area contributed by atoms with Crippen LogP contribution in [0, 0.1) is 5.82 Å². The number of thiophene rings is 1. The molecule has 1 heterocycles. The van der Waals surface area contributed by atoms with Crippen molar-refractivity contribution in [3.63, 3.8) is 0 Å². The third kappa shape index (κ3) is 2.82. The lowest BCUT2D eigenvalue weighted by atomic mass is 10.3. The zero-order valence-electron chi connectivity index (χ0n) is 8.85. The summed E-state index contributed by atoms with van der Waals surface area (Å²) in [4.78, 5) is 0. The van der Waals surface area contributed by atoms with Crippen molar-refractivity contribution in [2.75, 3.05) is 10.5 Å². The molecule has 1 aromatic carbocycles. The third-order valence-electron chi connectivity index (χ3n) is 2.04. The molecule has 8 heteroatoms. The second-order valence-corrected chi connectivity index (χ2v) is 7.10. The van der Waals surface area contributed by atoms with Crippen molar-refractivity contribution < 1.29 is 12.8 Å². The molecule has 0 aliphatic heterocycles. The Morgan fingerprint density at radius 3 is 2.61 bits per heavy atom. The summed E-state index contributed by atoms with van der Waals surface area (Å²) in [6.45, 7) is 0. The van der Waals surface area contributed by atoms with Crippen molar-refractivity contribution in [2.45, 2.75) is 4.21 Å². The lowest BCUT2D eigenvalue weighted by Gasteiger charge is -2.08. The van der Waals surface area contributed by atoms with Gasteiger partial charge in [0.25, 0.3) is 10.0 Å². The van der Waals surface area contributed by atoms with E-state index < -0.39 is 15.8 Å². The highest BCUT2D eigenvalue weighted by molar-refractivity contribution is 9.10. The molecule has 18 heavy (non-hydrogen) atoms. The first-order chi connectivity index (χ1) is 8.38. The van der Waals surface area contributed by atoms with Crippen molar-refractivity contribution in [1.29, 1.82) is 0 Å². The molecule has 0 aliphatic rings. The Morgan fingerprint density at radius 2 is 2.06 bits per heavy atom. The maximum absolute atomic E-state index is 12.9. The van der Waals surface area contributed by atoms with Gasteiger partial charge in [-0.15, -0.1) is 11.3 Å². The lowest BCUT2D eigenvalue weighted by molar-refractivity contribution is 0.603. The van der Waals surface area contributed by atoms with Crippen LogP contribution in [0.1, 0.15) is 0 Å². The smallest absolute Gasteiger partial charge is 0.271 e. The van der Waals surface area contributed by atoms with Gasteiger partial charge in [0.15, 0.2) is 0 Å². The van der Waals surface area contributed by atoms with Crippen LogP contribution >= 0.6 is 27.3 Å². The molecule has 0 amide bonds. The standard InChI is InChI=1S/C10H8BrFN2O2S2/c11-8-3-6(12)1-2-9(8)14-18(15,16)10-4-7(13)5-17-10/h1-5,14H,13H2. The molecule has 4 nitrogen and oxygen atoms in total. The van der Waals surface area contributed by atoms with Crippen LogP contribution in [0.3, 0.4) is 0 Å². The van der Waals surface area contributed by atoms with Crippen LogP contribution in [0.4, 0.5) is 15.8 Å². The van der Waals surface area contributed by atoms with Gasteiger partial charge in [-0.25, -0.2) is 12.8 Å². The number of sulfonamides is 1. The molecular formula is C10H8BrFN2O2S2. The van der Waals surface area contributed by atoms with E-state index in [-0.39, 0.29) is 9.90 Å². The summed E-state index contributed by atoms with van der Waals surface area (Å²) in [5.74, 6) is -0.454. The fourth-order valence-corrected chi connectivity index (χ4v) is 3.98. The molecule has 96 valence electrons. The van der Waals surface area contributed by atoms with E-state index in [4.69, 9.17) is 5.73 Å². The number of benzene rings is 1. The molecule has 2 aromatic rings. The van der Waals surface area contributed by atoms with E-state index in [1.165, 1.54) is 29.6 Å². The van der Waals surface area contributed by atoms with Gasteiger partial charge in [0, 0.05) is 15.5 Å². The van der Waals surface area contributed by atoms with Gasteiger partial charge in [-0.1, -0.05) is 0 Å². The van der Waals surface area contributed by atoms with Crippen molar-refractivity contribution in [1.82, 2.24) is 0 Å². The number of hydrogen-bond donors (Lipinski definition) is 2. The van der Waals surface area contributed by atoms with Crippen LogP contribution in [0.15, 0.2) is 38.3 Å². The molecule has 0 saturated heterocycles. The Hall–Kier alpha value is -1.12. The Morgan fingerprint density at radius 1 is 1.33 bits per heavy atom. The second-order valence-electron chi connectivity index (χ2n) is 3.43. The summed E-state index contributed by atoms with van der Waals surface area (Å²) in [6.07, 6.45) is 0. The van der Waals surface area contributed by atoms with Gasteiger partial charge < -0.3 is 5.73 Å². The van der Waals surface area contributed by atoms with E-state index in [9.17, 15) is 12.8 Å². The van der Waals surface area contributed by atoms with Gasteiger partial charge in [0.2, 0.25) is 0 Å². The van der Waals surface area contributed by atoms with Gasteiger partial charge in [-0.05, 0) is 40.2 Å². The largest absolute Gasteiger partial charge is 0.398 e. The molecule has 2 rings (SSSR count). The highest BCUT2D eigenvalue weighted by Gasteiger charge is 2.17. The summed E-state index contributed by atoms with van der Waals surface area (Å²) >= 11 is 4.11. The highest BCUT2D eigenvalue weighted by atomic mass is 79.9. The van der Waals surface area contributed by atoms with E-state index in [0.29, 0.717) is 10.2 Å². The molecule has 0 unspecified atom stereocenters. The van der Waals surface area contributed by atoms with Gasteiger partial charge in [-0.2, -0.15) is 0 Å². The van der Waals surface area contributed by atoms with Gasteiger partial charge >= 0.3 is 0 Å². The minimum absolute atomic E-state index is 0.108. The molecule has 3 N–H and O–H groups in total. The normalized spacial score (nSPS) is 11.4. The number of halogens is 2. The van der Waals surface area contributed by atoms with E-state index in [1.54, 1.807) is 0 Å². The molecule has 0 fully saturated rings. The number of nitrogens with two attached hydrogens (primary N) is 1. The van der Waals surface area contributed by atoms with Crippen molar-refractivity contribution in [3.05, 3.63) is 39.9 Å². The maximum atomic E-state index is 12.9. The Labute approximate surface area is 116 Å². The number of nitrogen functional groups attached to an aromatic ring is 1. The second kappa shape index (κ2) is 4.87. The molecule has 0 spiro atoms. The van der Waals surface area contributed by atoms with E-state index >= 15 is 0 Å². The first-order valence-electron chi connectivity index (χ1n) is 4.70. The van der Waals surface area contributed by atoms with Crippen LogP contribution in [0.2, 0.25) is 0 Å². The molecule has 1 aromatic heterocycles. The first-order valence-corrected chi connectivity index (χ1v) is 7.86. The summed E-state index contributed by atoms with van der Waals surface area (Å²) in [6, 6.07) is 5.06. The number of rotatable bonds is 3. The zero-order chi connectivity index (χ0) is 13.3. The van der Waals surface area contributed by atoms with Gasteiger partial charge in [0.1, 0.15) is 10.0 Å². The molecule has 0 aliphatic carbocycles. The summed E-state index contributed by atoms with van der Waals surface area (Å²) in [7, 11) is -3.69. The van der Waals surface area contributed by atoms with Crippen molar-refractivity contribution >= 4 is 48.7 Å². The SMILES string of the molecule is Nc1csc(S(=O)(=O)Nc2ccc(F)cc2Br)c1. The Bertz CT molecular complexity index is 685. The van der Waals surface area contributed by atoms with Crippen LogP contribution < -0.4 is 10.5 Å². The fraction of sp³-hybridized carbons (Fsp3) is 0. The van der Waals surface area contributed by atoms with E-state index in [0.717, 1.165) is 11.3 Å². The molecule has 0 saturated carbocycles. The highest BCUT2D eigenvalue weighted by Crippen LogP contribution is 2.28. The summed E-state index contributed by atoms with van der Waals surface area (Å²) in [5, 5.41) is 1.54. The number of anilines is 2. The molecule has 0 atom stereocenters. The minimum Gasteiger partial charge on any atom is -0.398 e. The maximum Gasteiger partial charge on any atom is 0.271 e. The lowest BCUT2D eigenvalue weighted by Crippen LogP contribution is -2.11.